The highest BCUT2D eigenvalue weighted by atomic mass is 16.6. The maximum absolute atomic E-state index is 12.6. The van der Waals surface area contributed by atoms with Crippen molar-refractivity contribution in [2.75, 3.05) is 0 Å². The smallest absolute Gasteiger partial charge is 0.315 e. The maximum Gasteiger partial charge on any atom is 0.315 e. The van der Waals surface area contributed by atoms with Gasteiger partial charge in [-0.25, -0.2) is 0 Å². The van der Waals surface area contributed by atoms with Crippen LogP contribution in [0.5, 0.6) is 11.5 Å². The number of benzene rings is 2. The van der Waals surface area contributed by atoms with Gasteiger partial charge in [-0.3, -0.25) is 19.7 Å². The average molecular weight is 343 g/mol. The normalized spacial score (nSPS) is 10.6. The molecule has 0 aromatic heterocycles. The topological polar surface area (TPSA) is 107 Å². The molecular weight excluding hydrogens is 326 g/mol. The zero-order valence-corrected chi connectivity index (χ0v) is 14.0. The van der Waals surface area contributed by atoms with Crippen molar-refractivity contribution in [3.63, 3.8) is 0 Å². The third-order valence-electron chi connectivity index (χ3n) is 3.51. The Bertz CT molecular complexity index is 839. The van der Waals surface area contributed by atoms with Gasteiger partial charge in [-0.2, -0.15) is 0 Å². The van der Waals surface area contributed by atoms with Gasteiger partial charge < -0.3 is 9.84 Å². The second kappa shape index (κ2) is 7.12. The molecule has 0 unspecified atom stereocenters. The van der Waals surface area contributed by atoms with Crippen LogP contribution >= 0.6 is 0 Å². The van der Waals surface area contributed by atoms with Crippen LogP contribution in [0.3, 0.4) is 0 Å². The number of phenols is 1. The molecule has 2 aromatic rings. The fourth-order valence-corrected chi connectivity index (χ4v) is 2.04. The van der Waals surface area contributed by atoms with Crippen molar-refractivity contribution in [3.8, 4) is 11.5 Å². The Labute approximate surface area is 144 Å². The van der Waals surface area contributed by atoms with Crippen molar-refractivity contribution in [2.45, 2.75) is 20.8 Å². The lowest BCUT2D eigenvalue weighted by atomic mass is 10.0. The number of hydrogen-bond acceptors (Lipinski definition) is 6. The van der Waals surface area contributed by atoms with Gasteiger partial charge in [0.25, 0.3) is 0 Å². The lowest BCUT2D eigenvalue weighted by molar-refractivity contribution is -0.386. The number of nitrogens with zero attached hydrogens (tertiary/aromatic N) is 1. The van der Waals surface area contributed by atoms with Crippen LogP contribution < -0.4 is 4.74 Å². The lowest BCUT2D eigenvalue weighted by Crippen LogP contribution is -2.15. The molecule has 0 bridgehead atoms. The number of nitro benzene ring substituents is 1. The van der Waals surface area contributed by atoms with Crippen LogP contribution in [0.15, 0.2) is 36.4 Å². The summed E-state index contributed by atoms with van der Waals surface area (Å²) >= 11 is 0. The van der Waals surface area contributed by atoms with Crippen LogP contribution in [-0.4, -0.2) is 21.8 Å². The van der Waals surface area contributed by atoms with Crippen molar-refractivity contribution in [1.29, 1.82) is 0 Å². The first kappa shape index (κ1) is 18.1. The molecule has 25 heavy (non-hydrogen) atoms. The Hall–Kier alpha value is -3.22. The molecule has 0 saturated heterocycles. The standard InChI is InChI=1S/C18H17NO6/c1-10(2)18(22)25-15-9-13(8-14(17(15)21)19(23)24)16(20)12-6-4-11(3)5-7-12/h4-10,21H,1-3H3. The molecule has 2 rings (SSSR count). The molecule has 7 nitrogen and oxygen atoms in total. The zero-order chi connectivity index (χ0) is 18.7. The zero-order valence-electron chi connectivity index (χ0n) is 14.0. The molecular formula is C18H17NO6. The van der Waals surface area contributed by atoms with E-state index in [0.717, 1.165) is 17.7 Å². The molecule has 0 heterocycles. The van der Waals surface area contributed by atoms with Gasteiger partial charge in [-0.05, 0) is 13.0 Å². The van der Waals surface area contributed by atoms with Crippen LogP contribution in [0, 0.1) is 23.0 Å². The van der Waals surface area contributed by atoms with E-state index in [1.165, 1.54) is 0 Å². The third kappa shape index (κ3) is 4.00. The quantitative estimate of drug-likeness (QED) is 0.293. The summed E-state index contributed by atoms with van der Waals surface area (Å²) in [6.45, 7) is 5.02. The van der Waals surface area contributed by atoms with Crippen molar-refractivity contribution in [1.82, 2.24) is 0 Å². The SMILES string of the molecule is Cc1ccc(C(=O)c2cc(OC(=O)C(C)C)c(O)c([N+](=O)[O-])c2)cc1. The highest BCUT2D eigenvalue weighted by Crippen LogP contribution is 2.38. The summed E-state index contributed by atoms with van der Waals surface area (Å²) in [5, 5.41) is 21.1. The van der Waals surface area contributed by atoms with E-state index in [1.807, 2.05) is 6.92 Å². The highest BCUT2D eigenvalue weighted by Gasteiger charge is 2.25. The lowest BCUT2D eigenvalue weighted by Gasteiger charge is -2.10. The van der Waals surface area contributed by atoms with Crippen molar-refractivity contribution >= 4 is 17.4 Å². The van der Waals surface area contributed by atoms with Gasteiger partial charge in [0.2, 0.25) is 5.75 Å². The molecule has 0 saturated carbocycles. The fourth-order valence-electron chi connectivity index (χ4n) is 2.04. The number of phenolic OH excluding ortho intramolecular Hbond substituents is 1. The monoisotopic (exact) mass is 343 g/mol. The van der Waals surface area contributed by atoms with Crippen LogP contribution in [0.1, 0.15) is 35.3 Å². The van der Waals surface area contributed by atoms with Crippen LogP contribution in [0.2, 0.25) is 0 Å². The molecule has 0 radical (unpaired) electrons. The fraction of sp³-hybridized carbons (Fsp3) is 0.222. The van der Waals surface area contributed by atoms with Crippen LogP contribution in [0.25, 0.3) is 0 Å². The van der Waals surface area contributed by atoms with E-state index in [-0.39, 0.29) is 5.56 Å². The number of esters is 1. The van der Waals surface area contributed by atoms with E-state index in [9.17, 15) is 24.8 Å². The molecule has 0 aliphatic carbocycles. The number of hydrogen-bond donors (Lipinski definition) is 1. The maximum atomic E-state index is 12.6. The van der Waals surface area contributed by atoms with E-state index in [2.05, 4.69) is 0 Å². The molecule has 0 fully saturated rings. The predicted molar refractivity (Wildman–Crippen MR) is 89.8 cm³/mol. The van der Waals surface area contributed by atoms with E-state index >= 15 is 0 Å². The van der Waals surface area contributed by atoms with Gasteiger partial charge in [0.15, 0.2) is 11.5 Å². The average Bonchev–Trinajstić information content (AvgIpc) is 2.56. The molecule has 0 atom stereocenters. The largest absolute Gasteiger partial charge is 0.499 e. The molecule has 0 aliphatic heterocycles. The van der Waals surface area contributed by atoms with Crippen molar-refractivity contribution in [2.24, 2.45) is 5.92 Å². The van der Waals surface area contributed by atoms with Gasteiger partial charge in [0.05, 0.1) is 10.8 Å². The van der Waals surface area contributed by atoms with E-state index in [0.29, 0.717) is 5.56 Å². The minimum absolute atomic E-state index is 0.0556. The van der Waals surface area contributed by atoms with E-state index in [4.69, 9.17) is 4.74 Å². The number of carbonyl (C=O) groups excluding carboxylic acids is 2. The number of ketones is 1. The molecule has 7 heteroatoms. The number of ether oxygens (including phenoxy) is 1. The van der Waals surface area contributed by atoms with Crippen molar-refractivity contribution in [3.05, 3.63) is 63.2 Å². The first-order valence-corrected chi connectivity index (χ1v) is 7.55. The highest BCUT2D eigenvalue weighted by molar-refractivity contribution is 6.09. The second-order valence-corrected chi connectivity index (χ2v) is 5.87. The number of nitro groups is 1. The summed E-state index contributed by atoms with van der Waals surface area (Å²) in [6, 6.07) is 8.75. The Balaban J connectivity index is 2.52. The van der Waals surface area contributed by atoms with Crippen LogP contribution in [-0.2, 0) is 4.79 Å². The van der Waals surface area contributed by atoms with Gasteiger partial charge in [-0.1, -0.05) is 43.7 Å². The Morgan fingerprint density at radius 1 is 1.12 bits per heavy atom. The summed E-state index contributed by atoms with van der Waals surface area (Å²) in [4.78, 5) is 34.6. The van der Waals surface area contributed by atoms with Gasteiger partial charge in [0, 0.05) is 17.2 Å². The second-order valence-electron chi connectivity index (χ2n) is 5.87. The number of aromatic hydroxyl groups is 1. The summed E-state index contributed by atoms with van der Waals surface area (Å²) in [7, 11) is 0. The van der Waals surface area contributed by atoms with Crippen molar-refractivity contribution < 1.29 is 24.4 Å². The Kier molecular flexibility index (Phi) is 5.17. The molecule has 2 aromatic carbocycles. The summed E-state index contributed by atoms with van der Waals surface area (Å²) < 4.78 is 5.00. The first-order valence-electron chi connectivity index (χ1n) is 7.55. The minimum Gasteiger partial charge on any atom is -0.499 e. The first-order chi connectivity index (χ1) is 11.7. The van der Waals surface area contributed by atoms with Gasteiger partial charge >= 0.3 is 11.7 Å². The summed E-state index contributed by atoms with van der Waals surface area (Å²) in [5.74, 6) is -2.87. The number of carbonyl (C=O) groups is 2. The molecule has 130 valence electrons. The van der Waals surface area contributed by atoms with E-state index < -0.39 is 39.8 Å². The Morgan fingerprint density at radius 3 is 2.24 bits per heavy atom. The summed E-state index contributed by atoms with van der Waals surface area (Å²) in [6.07, 6.45) is 0. The third-order valence-corrected chi connectivity index (χ3v) is 3.51. The molecule has 0 spiro atoms. The number of aryl methyl sites for hydroxylation is 1. The Morgan fingerprint density at radius 2 is 1.72 bits per heavy atom. The number of rotatable bonds is 5. The van der Waals surface area contributed by atoms with Crippen LogP contribution in [0.4, 0.5) is 5.69 Å². The van der Waals surface area contributed by atoms with Gasteiger partial charge in [0.1, 0.15) is 0 Å². The van der Waals surface area contributed by atoms with E-state index in [1.54, 1.807) is 38.1 Å². The minimum atomic E-state index is -0.839. The molecule has 1 N–H and O–H groups in total. The molecule has 0 aliphatic rings. The molecule has 0 amide bonds. The predicted octanol–water partition coefficient (Wildman–Crippen LogP) is 3.40. The summed E-state index contributed by atoms with van der Waals surface area (Å²) in [5.41, 5.74) is 0.524. The van der Waals surface area contributed by atoms with Gasteiger partial charge in [-0.15, -0.1) is 0 Å².